The lowest BCUT2D eigenvalue weighted by molar-refractivity contribution is -0.186. The molecule has 5 heteroatoms. The average molecular weight is 415 g/mol. The van der Waals surface area contributed by atoms with Crippen LogP contribution in [0.2, 0.25) is 0 Å². The number of rotatable bonds is 4. The SMILES string of the molecule is COC1=CC2=C(C=O)C[C@@H]3[C@H](CC[C@@]4(C)[C@H]3CC[C@]4(OC(C)=O)C(C)=O)[C@@]2(C)CC1. The topological polar surface area (TPSA) is 69.7 Å². The van der Waals surface area contributed by atoms with Crippen LogP contribution in [0.25, 0.3) is 0 Å². The number of hydrogen-bond donors (Lipinski definition) is 0. The van der Waals surface area contributed by atoms with Crippen molar-refractivity contribution in [3.8, 4) is 0 Å². The first-order valence-electron chi connectivity index (χ1n) is 11.3. The molecule has 164 valence electrons. The van der Waals surface area contributed by atoms with Gasteiger partial charge < -0.3 is 9.47 Å². The lowest BCUT2D eigenvalue weighted by atomic mass is 9.46. The molecule has 0 aromatic rings. The molecule has 4 aliphatic rings. The second-order valence-electron chi connectivity index (χ2n) is 10.3. The highest BCUT2D eigenvalue weighted by molar-refractivity contribution is 5.89. The van der Waals surface area contributed by atoms with Crippen molar-refractivity contribution in [2.75, 3.05) is 7.11 Å². The summed E-state index contributed by atoms with van der Waals surface area (Å²) < 4.78 is 11.3. The quantitative estimate of drug-likeness (QED) is 0.499. The van der Waals surface area contributed by atoms with Gasteiger partial charge in [0.1, 0.15) is 6.29 Å². The van der Waals surface area contributed by atoms with E-state index in [-0.39, 0.29) is 28.5 Å². The zero-order chi connectivity index (χ0) is 21.9. The molecule has 0 bridgehead atoms. The van der Waals surface area contributed by atoms with Crippen LogP contribution in [0.1, 0.15) is 72.6 Å². The van der Waals surface area contributed by atoms with Gasteiger partial charge in [-0.2, -0.15) is 0 Å². The van der Waals surface area contributed by atoms with Gasteiger partial charge in [-0.25, -0.2) is 0 Å². The Bertz CT molecular complexity index is 854. The van der Waals surface area contributed by atoms with Crippen LogP contribution in [0.5, 0.6) is 0 Å². The third kappa shape index (κ3) is 2.69. The van der Waals surface area contributed by atoms with E-state index in [9.17, 15) is 14.4 Å². The third-order valence-corrected chi connectivity index (χ3v) is 9.28. The Balaban J connectivity index is 1.78. The second-order valence-corrected chi connectivity index (χ2v) is 10.3. The summed E-state index contributed by atoms with van der Waals surface area (Å²) >= 11 is 0. The van der Waals surface area contributed by atoms with Gasteiger partial charge in [-0.1, -0.05) is 13.8 Å². The normalized spacial score (nSPS) is 42.4. The fourth-order valence-electron chi connectivity index (χ4n) is 7.82. The number of ether oxygens (including phenoxy) is 2. The summed E-state index contributed by atoms with van der Waals surface area (Å²) in [6, 6.07) is 0. The van der Waals surface area contributed by atoms with Gasteiger partial charge in [0, 0.05) is 18.8 Å². The number of carbonyl (C=O) groups is 3. The number of hydrogen-bond acceptors (Lipinski definition) is 5. The minimum absolute atomic E-state index is 0.0413. The molecule has 0 N–H and O–H groups in total. The maximum atomic E-state index is 12.8. The Kier molecular flexibility index (Phi) is 5.02. The summed E-state index contributed by atoms with van der Waals surface area (Å²) in [5.74, 6) is 1.58. The molecule has 2 fully saturated rings. The first-order chi connectivity index (χ1) is 14.1. The maximum Gasteiger partial charge on any atom is 0.303 e. The lowest BCUT2D eigenvalue weighted by Gasteiger charge is -2.58. The molecule has 30 heavy (non-hydrogen) atoms. The molecule has 5 nitrogen and oxygen atoms in total. The summed E-state index contributed by atoms with van der Waals surface area (Å²) in [4.78, 5) is 36.9. The molecule has 0 aliphatic heterocycles. The molecule has 0 heterocycles. The molecule has 0 aromatic heterocycles. The second kappa shape index (κ2) is 7.06. The molecular weight excluding hydrogens is 380 g/mol. The van der Waals surface area contributed by atoms with E-state index in [4.69, 9.17) is 9.47 Å². The lowest BCUT2D eigenvalue weighted by Crippen LogP contribution is -2.58. The highest BCUT2D eigenvalue weighted by atomic mass is 16.6. The van der Waals surface area contributed by atoms with E-state index in [1.54, 1.807) is 14.0 Å². The van der Waals surface area contributed by atoms with Crippen molar-refractivity contribution in [2.45, 2.75) is 78.2 Å². The first-order valence-corrected chi connectivity index (χ1v) is 11.3. The number of allylic oxidation sites excluding steroid dienone is 4. The molecule has 0 saturated heterocycles. The van der Waals surface area contributed by atoms with Crippen molar-refractivity contribution in [3.05, 3.63) is 23.0 Å². The zero-order valence-corrected chi connectivity index (χ0v) is 18.9. The van der Waals surface area contributed by atoms with Crippen LogP contribution in [-0.2, 0) is 23.9 Å². The van der Waals surface area contributed by atoms with Gasteiger partial charge in [-0.3, -0.25) is 14.4 Å². The first kappa shape index (κ1) is 21.3. The van der Waals surface area contributed by atoms with Gasteiger partial charge in [-0.05, 0) is 85.8 Å². The van der Waals surface area contributed by atoms with Crippen molar-refractivity contribution in [1.29, 1.82) is 0 Å². The van der Waals surface area contributed by atoms with Gasteiger partial charge >= 0.3 is 5.97 Å². The molecule has 6 atom stereocenters. The van der Waals surface area contributed by atoms with E-state index >= 15 is 0 Å². The van der Waals surface area contributed by atoms with Crippen LogP contribution < -0.4 is 0 Å². The van der Waals surface area contributed by atoms with Crippen LogP contribution in [0.3, 0.4) is 0 Å². The van der Waals surface area contributed by atoms with Gasteiger partial charge in [-0.15, -0.1) is 0 Å². The van der Waals surface area contributed by atoms with Crippen molar-refractivity contribution in [1.82, 2.24) is 0 Å². The van der Waals surface area contributed by atoms with Gasteiger partial charge in [0.05, 0.1) is 12.9 Å². The van der Waals surface area contributed by atoms with Crippen LogP contribution in [0.15, 0.2) is 23.0 Å². The predicted octanol–water partition coefficient (Wildman–Crippen LogP) is 4.55. The Morgan fingerprint density at radius 3 is 2.40 bits per heavy atom. The molecule has 4 rings (SSSR count). The van der Waals surface area contributed by atoms with Crippen LogP contribution in [0.4, 0.5) is 0 Å². The number of Topliss-reactive ketones (excluding diaryl/α,β-unsaturated/α-hetero) is 1. The molecule has 0 spiro atoms. The monoisotopic (exact) mass is 414 g/mol. The summed E-state index contributed by atoms with van der Waals surface area (Å²) in [6.45, 7) is 7.43. The summed E-state index contributed by atoms with van der Waals surface area (Å²) in [7, 11) is 1.70. The molecular formula is C25H34O5. The van der Waals surface area contributed by atoms with E-state index < -0.39 is 5.60 Å². The van der Waals surface area contributed by atoms with Crippen molar-refractivity contribution in [3.63, 3.8) is 0 Å². The van der Waals surface area contributed by atoms with Gasteiger partial charge in [0.2, 0.25) is 0 Å². The molecule has 0 radical (unpaired) electrons. The Morgan fingerprint density at radius 1 is 1.10 bits per heavy atom. The standard InChI is InChI=1S/C25H34O5/c1-15(27)25(30-16(2)28)11-8-21-19-12-17(14-26)22-13-18(29-5)6-9-23(22,3)20(19)7-10-24(21,25)4/h13-14,19-21H,6-12H2,1-5H3/t19-,20+,21+,23-,24+,25+/m1/s1. The van der Waals surface area contributed by atoms with Crippen LogP contribution in [0, 0.1) is 28.6 Å². The van der Waals surface area contributed by atoms with Crippen molar-refractivity contribution in [2.24, 2.45) is 28.6 Å². The molecule has 0 aromatic carbocycles. The van der Waals surface area contributed by atoms with E-state index in [0.717, 1.165) is 61.7 Å². The smallest absolute Gasteiger partial charge is 0.303 e. The minimum atomic E-state index is -1.03. The minimum Gasteiger partial charge on any atom is -0.501 e. The maximum absolute atomic E-state index is 12.8. The average Bonchev–Trinajstić information content (AvgIpc) is 3.00. The Hall–Kier alpha value is -1.91. The van der Waals surface area contributed by atoms with Gasteiger partial charge in [0.25, 0.3) is 0 Å². The third-order valence-electron chi connectivity index (χ3n) is 9.28. The van der Waals surface area contributed by atoms with E-state index in [1.165, 1.54) is 6.92 Å². The Labute approximate surface area is 179 Å². The fraction of sp³-hybridized carbons (Fsp3) is 0.720. The van der Waals surface area contributed by atoms with Crippen molar-refractivity contribution < 1.29 is 23.9 Å². The number of esters is 1. The highest BCUT2D eigenvalue weighted by Gasteiger charge is 2.67. The zero-order valence-electron chi connectivity index (χ0n) is 18.9. The van der Waals surface area contributed by atoms with Crippen molar-refractivity contribution >= 4 is 18.0 Å². The molecule has 2 saturated carbocycles. The van der Waals surface area contributed by atoms with E-state index in [0.29, 0.717) is 18.3 Å². The number of methoxy groups -OCH3 is 1. The van der Waals surface area contributed by atoms with Crippen LogP contribution in [-0.4, -0.2) is 30.7 Å². The number of carbonyl (C=O) groups excluding carboxylic acids is 3. The summed E-state index contributed by atoms with van der Waals surface area (Å²) in [6.07, 6.45) is 9.03. The Morgan fingerprint density at radius 2 is 1.80 bits per heavy atom. The fourth-order valence-corrected chi connectivity index (χ4v) is 7.82. The highest BCUT2D eigenvalue weighted by Crippen LogP contribution is 2.68. The van der Waals surface area contributed by atoms with Crippen LogP contribution >= 0.6 is 0 Å². The predicted molar refractivity (Wildman–Crippen MR) is 112 cm³/mol. The number of aldehydes is 1. The summed E-state index contributed by atoms with van der Waals surface area (Å²) in [5, 5.41) is 0. The molecule has 0 amide bonds. The van der Waals surface area contributed by atoms with Gasteiger partial charge in [0.15, 0.2) is 11.4 Å². The summed E-state index contributed by atoms with van der Waals surface area (Å²) in [5.41, 5.74) is 0.573. The number of ketones is 1. The molecule has 0 unspecified atom stereocenters. The van der Waals surface area contributed by atoms with E-state index in [1.807, 2.05) is 0 Å². The number of fused-ring (bicyclic) bond motifs is 5. The largest absolute Gasteiger partial charge is 0.501 e. The molecule has 4 aliphatic carbocycles. The van der Waals surface area contributed by atoms with E-state index in [2.05, 4.69) is 19.9 Å².